The Kier molecular flexibility index (Phi) is 7.59. The Morgan fingerprint density at radius 1 is 1.14 bits per heavy atom. The van der Waals surface area contributed by atoms with Gasteiger partial charge in [0.05, 0.1) is 54.2 Å². The maximum absolute atomic E-state index is 13.1. The molecule has 0 bridgehead atoms. The molecule has 0 saturated heterocycles. The summed E-state index contributed by atoms with van der Waals surface area (Å²) in [5.41, 5.74) is 5.59. The third kappa shape index (κ3) is 5.89. The van der Waals surface area contributed by atoms with Crippen molar-refractivity contribution in [3.8, 4) is 22.9 Å². The number of pyridine rings is 2. The van der Waals surface area contributed by atoms with E-state index in [1.54, 1.807) is 61.5 Å². The lowest BCUT2D eigenvalue weighted by atomic mass is 10.0. The van der Waals surface area contributed by atoms with Crippen molar-refractivity contribution in [1.82, 2.24) is 29.5 Å². The second-order valence-electron chi connectivity index (χ2n) is 10.6. The van der Waals surface area contributed by atoms with Crippen LogP contribution < -0.4 is 15.4 Å². The van der Waals surface area contributed by atoms with Crippen LogP contribution in [0.3, 0.4) is 0 Å². The van der Waals surface area contributed by atoms with Gasteiger partial charge in [-0.2, -0.15) is 5.26 Å². The van der Waals surface area contributed by atoms with Gasteiger partial charge in [0.2, 0.25) is 5.91 Å². The summed E-state index contributed by atoms with van der Waals surface area (Å²) >= 11 is 0. The first-order valence-electron chi connectivity index (χ1n) is 14.0. The zero-order valence-corrected chi connectivity index (χ0v) is 24.4. The van der Waals surface area contributed by atoms with Gasteiger partial charge in [0.1, 0.15) is 11.4 Å². The van der Waals surface area contributed by atoms with E-state index in [0.717, 1.165) is 29.7 Å². The number of hydrogen-bond acceptors (Lipinski definition) is 9. The number of anilines is 3. The largest absolute Gasteiger partial charge is 0.494 e. The minimum Gasteiger partial charge on any atom is -0.494 e. The SMILES string of the molecule is COc1c(Nc2cc(NC(=O)C3CC3)nn3cc(C)nc23)cccc1-c1ccc(C(=O)N(C)Cc2cc(C#N)ccn2)nc1. The van der Waals surface area contributed by atoms with Gasteiger partial charge in [0.25, 0.3) is 5.91 Å². The first kappa shape index (κ1) is 28.3. The maximum atomic E-state index is 13.1. The maximum Gasteiger partial charge on any atom is 0.272 e. The molecule has 2 amide bonds. The number of nitrogens with one attached hydrogen (secondary N) is 2. The van der Waals surface area contributed by atoms with Crippen LogP contribution in [-0.4, -0.2) is 55.4 Å². The smallest absolute Gasteiger partial charge is 0.272 e. The van der Waals surface area contributed by atoms with E-state index in [0.29, 0.717) is 39.8 Å². The van der Waals surface area contributed by atoms with E-state index in [4.69, 9.17) is 10.00 Å². The van der Waals surface area contributed by atoms with Crippen LogP contribution >= 0.6 is 0 Å². The summed E-state index contributed by atoms with van der Waals surface area (Å²) < 4.78 is 7.49. The van der Waals surface area contributed by atoms with Gasteiger partial charge in [-0.05, 0) is 44.0 Å². The molecule has 6 rings (SSSR count). The van der Waals surface area contributed by atoms with Crippen LogP contribution in [0.4, 0.5) is 17.2 Å². The Bertz CT molecular complexity index is 1920. The molecule has 5 aromatic rings. The third-order valence-corrected chi connectivity index (χ3v) is 7.22. The van der Waals surface area contributed by atoms with Gasteiger partial charge in [-0.25, -0.2) is 9.50 Å². The highest BCUT2D eigenvalue weighted by Gasteiger charge is 2.30. The molecule has 0 radical (unpaired) electrons. The molecule has 12 heteroatoms. The van der Waals surface area contributed by atoms with Crippen molar-refractivity contribution in [3.05, 3.63) is 89.8 Å². The van der Waals surface area contributed by atoms with E-state index in [2.05, 4.69) is 36.8 Å². The molecule has 2 N–H and O–H groups in total. The van der Waals surface area contributed by atoms with E-state index in [9.17, 15) is 9.59 Å². The molecule has 12 nitrogen and oxygen atoms in total. The summed E-state index contributed by atoms with van der Waals surface area (Å²) in [6, 6.07) is 16.3. The van der Waals surface area contributed by atoms with Gasteiger partial charge >= 0.3 is 0 Å². The molecule has 0 atom stereocenters. The van der Waals surface area contributed by atoms with Crippen molar-refractivity contribution >= 4 is 34.7 Å². The second kappa shape index (κ2) is 11.8. The molecule has 0 unspecified atom stereocenters. The minimum atomic E-state index is -0.274. The predicted octanol–water partition coefficient (Wildman–Crippen LogP) is 4.74. The molecule has 1 saturated carbocycles. The first-order chi connectivity index (χ1) is 21.3. The average molecular weight is 588 g/mol. The van der Waals surface area contributed by atoms with E-state index < -0.39 is 0 Å². The number of aryl methyl sites for hydroxylation is 1. The second-order valence-corrected chi connectivity index (χ2v) is 10.6. The number of methoxy groups -OCH3 is 1. The van der Waals surface area contributed by atoms with Gasteiger partial charge in [-0.15, -0.1) is 5.10 Å². The summed E-state index contributed by atoms with van der Waals surface area (Å²) in [7, 11) is 3.25. The lowest BCUT2D eigenvalue weighted by Crippen LogP contribution is -2.27. The number of amides is 2. The summed E-state index contributed by atoms with van der Waals surface area (Å²) in [6.07, 6.45) is 6.76. The molecule has 1 aliphatic carbocycles. The summed E-state index contributed by atoms with van der Waals surface area (Å²) in [5.74, 6) is 0.719. The number of ether oxygens (including phenoxy) is 1. The minimum absolute atomic E-state index is 0.0373. The number of nitriles is 1. The standard InChI is InChI=1S/C32H29N9O3/c1-19-17-41-30(36-19)27(14-28(39-41)38-31(42)21-7-8-21)37-25-6-4-5-24(29(25)44-3)22-9-10-26(35-16-22)32(43)40(2)18-23-13-20(15-33)11-12-34-23/h4-6,9-14,16-17,21,37H,7-8,18H2,1-3H3,(H,38,39,42). The zero-order chi connectivity index (χ0) is 30.8. The van der Waals surface area contributed by atoms with E-state index >= 15 is 0 Å². The number of aromatic nitrogens is 5. The van der Waals surface area contributed by atoms with Gasteiger partial charge in [0.15, 0.2) is 11.5 Å². The van der Waals surface area contributed by atoms with Gasteiger partial charge in [-0.1, -0.05) is 18.2 Å². The first-order valence-corrected chi connectivity index (χ1v) is 14.0. The number of nitrogens with zero attached hydrogens (tertiary/aromatic N) is 7. The molecule has 220 valence electrons. The fourth-order valence-electron chi connectivity index (χ4n) is 4.87. The Balaban J connectivity index is 1.25. The van der Waals surface area contributed by atoms with Crippen molar-refractivity contribution < 1.29 is 14.3 Å². The zero-order valence-electron chi connectivity index (χ0n) is 24.4. The van der Waals surface area contributed by atoms with Crippen LogP contribution in [0.5, 0.6) is 5.75 Å². The number of fused-ring (bicyclic) bond motifs is 1. The van der Waals surface area contributed by atoms with Crippen molar-refractivity contribution in [2.75, 3.05) is 24.8 Å². The number of rotatable bonds is 9. The van der Waals surface area contributed by atoms with E-state index in [-0.39, 0.29) is 30.0 Å². The predicted molar refractivity (Wildman–Crippen MR) is 163 cm³/mol. The van der Waals surface area contributed by atoms with Gasteiger partial charge in [-0.3, -0.25) is 19.6 Å². The Morgan fingerprint density at radius 3 is 2.70 bits per heavy atom. The highest BCUT2D eigenvalue weighted by atomic mass is 16.5. The molecule has 1 aliphatic rings. The average Bonchev–Trinajstić information content (AvgIpc) is 3.82. The molecule has 1 aromatic carbocycles. The quantitative estimate of drug-likeness (QED) is 0.249. The summed E-state index contributed by atoms with van der Waals surface area (Å²) in [5, 5.41) is 20.0. The van der Waals surface area contributed by atoms with Crippen LogP contribution in [0, 0.1) is 24.2 Å². The fourth-order valence-corrected chi connectivity index (χ4v) is 4.87. The van der Waals surface area contributed by atoms with Crippen LogP contribution in [0.25, 0.3) is 16.8 Å². The van der Waals surface area contributed by atoms with Crippen molar-refractivity contribution in [1.29, 1.82) is 5.26 Å². The molecule has 4 aromatic heterocycles. The van der Waals surface area contributed by atoms with Crippen LogP contribution in [-0.2, 0) is 11.3 Å². The van der Waals surface area contributed by atoms with E-state index in [1.165, 1.54) is 4.90 Å². The van der Waals surface area contributed by atoms with Crippen molar-refractivity contribution in [2.24, 2.45) is 5.92 Å². The number of carbonyl (C=O) groups is 2. The Morgan fingerprint density at radius 2 is 1.98 bits per heavy atom. The molecule has 0 aliphatic heterocycles. The molecule has 0 spiro atoms. The summed E-state index contributed by atoms with van der Waals surface area (Å²) in [6.45, 7) is 2.12. The molecule has 1 fully saturated rings. The number of imidazole rings is 1. The highest BCUT2D eigenvalue weighted by molar-refractivity contribution is 5.95. The van der Waals surface area contributed by atoms with Crippen molar-refractivity contribution in [3.63, 3.8) is 0 Å². The summed E-state index contributed by atoms with van der Waals surface area (Å²) in [4.78, 5) is 40.3. The molecular formula is C32H29N9O3. The normalized spacial score (nSPS) is 12.4. The monoisotopic (exact) mass is 587 g/mol. The molecule has 44 heavy (non-hydrogen) atoms. The lowest BCUT2D eigenvalue weighted by Gasteiger charge is -2.17. The fraction of sp³-hybridized carbons (Fsp3) is 0.219. The third-order valence-electron chi connectivity index (χ3n) is 7.22. The topological polar surface area (TPSA) is 150 Å². The highest BCUT2D eigenvalue weighted by Crippen LogP contribution is 2.38. The van der Waals surface area contributed by atoms with E-state index in [1.807, 2.05) is 31.2 Å². The van der Waals surface area contributed by atoms with Gasteiger partial charge in [0, 0.05) is 42.6 Å². The van der Waals surface area contributed by atoms with Crippen LogP contribution in [0.1, 0.15) is 40.3 Å². The Hall–Kier alpha value is -5.83. The number of benzene rings is 1. The van der Waals surface area contributed by atoms with Crippen LogP contribution in [0.2, 0.25) is 0 Å². The number of para-hydroxylation sites is 1. The number of carbonyl (C=O) groups excluding carboxylic acids is 2. The van der Waals surface area contributed by atoms with Crippen LogP contribution in [0.15, 0.2) is 67.1 Å². The molecular weight excluding hydrogens is 558 g/mol. The molecule has 4 heterocycles. The number of hydrogen-bond donors (Lipinski definition) is 2. The Labute approximate surface area is 253 Å². The van der Waals surface area contributed by atoms with Crippen molar-refractivity contribution in [2.45, 2.75) is 26.3 Å². The van der Waals surface area contributed by atoms with Gasteiger partial charge < -0.3 is 20.3 Å². The lowest BCUT2D eigenvalue weighted by molar-refractivity contribution is -0.117.